The van der Waals surface area contributed by atoms with Crippen molar-refractivity contribution in [1.29, 1.82) is 0 Å². The fourth-order valence-corrected chi connectivity index (χ4v) is 1.54. The largest absolute Gasteiger partial charge is 0.467 e. The van der Waals surface area contributed by atoms with Gasteiger partial charge in [0.2, 0.25) is 5.91 Å². The lowest BCUT2D eigenvalue weighted by molar-refractivity contribution is -0.148. The fourth-order valence-electron chi connectivity index (χ4n) is 1.54. The van der Waals surface area contributed by atoms with Crippen LogP contribution in [0.3, 0.4) is 0 Å². The molecule has 0 bridgehead atoms. The van der Waals surface area contributed by atoms with Crippen molar-refractivity contribution in [2.75, 3.05) is 13.7 Å². The molecule has 0 rings (SSSR count). The minimum Gasteiger partial charge on any atom is -0.467 e. The Morgan fingerprint density at radius 3 is 2.20 bits per heavy atom. The van der Waals surface area contributed by atoms with Crippen LogP contribution >= 0.6 is 0 Å². The SMILES string of the molecule is COC(=O)[C@@H](COC(C)(C)C)NC(=O)[C@@H](N)CC(C)C. The van der Waals surface area contributed by atoms with E-state index in [-0.39, 0.29) is 12.5 Å². The molecule has 6 heteroatoms. The highest BCUT2D eigenvalue weighted by atomic mass is 16.5. The number of carbonyl (C=O) groups is 2. The highest BCUT2D eigenvalue weighted by Gasteiger charge is 2.26. The van der Waals surface area contributed by atoms with Crippen LogP contribution in [0, 0.1) is 5.92 Å². The van der Waals surface area contributed by atoms with E-state index in [4.69, 9.17) is 10.5 Å². The van der Waals surface area contributed by atoms with Crippen LogP contribution in [-0.4, -0.2) is 43.3 Å². The number of nitrogens with two attached hydrogens (primary N) is 1. The average molecular weight is 288 g/mol. The summed E-state index contributed by atoms with van der Waals surface area (Å²) in [5.41, 5.74) is 5.38. The molecule has 0 aliphatic rings. The summed E-state index contributed by atoms with van der Waals surface area (Å²) in [7, 11) is 1.27. The molecule has 3 N–H and O–H groups in total. The Bertz CT molecular complexity index is 324. The lowest BCUT2D eigenvalue weighted by Gasteiger charge is -2.25. The third-order valence-electron chi connectivity index (χ3n) is 2.55. The maximum absolute atomic E-state index is 11.9. The third kappa shape index (κ3) is 8.12. The van der Waals surface area contributed by atoms with E-state index in [1.54, 1.807) is 0 Å². The summed E-state index contributed by atoms with van der Waals surface area (Å²) in [6.07, 6.45) is 0.555. The van der Waals surface area contributed by atoms with E-state index in [2.05, 4.69) is 10.1 Å². The topological polar surface area (TPSA) is 90.6 Å². The van der Waals surface area contributed by atoms with Gasteiger partial charge in [0.15, 0.2) is 6.04 Å². The molecule has 0 unspecified atom stereocenters. The Morgan fingerprint density at radius 1 is 1.25 bits per heavy atom. The van der Waals surface area contributed by atoms with Gasteiger partial charge < -0.3 is 20.5 Å². The number of methoxy groups -OCH3 is 1. The first kappa shape index (κ1) is 18.9. The summed E-state index contributed by atoms with van der Waals surface area (Å²) in [5, 5.41) is 2.58. The summed E-state index contributed by atoms with van der Waals surface area (Å²) in [6.45, 7) is 9.62. The highest BCUT2D eigenvalue weighted by Crippen LogP contribution is 2.08. The molecule has 0 aromatic heterocycles. The number of hydrogen-bond acceptors (Lipinski definition) is 5. The molecule has 20 heavy (non-hydrogen) atoms. The predicted molar refractivity (Wildman–Crippen MR) is 77.1 cm³/mol. The fraction of sp³-hybridized carbons (Fsp3) is 0.857. The molecular weight excluding hydrogens is 260 g/mol. The normalized spacial score (nSPS) is 14.8. The van der Waals surface area contributed by atoms with Gasteiger partial charge in [0.1, 0.15) is 0 Å². The monoisotopic (exact) mass is 288 g/mol. The van der Waals surface area contributed by atoms with Crippen LogP contribution in [-0.2, 0) is 19.1 Å². The lowest BCUT2D eigenvalue weighted by atomic mass is 10.0. The van der Waals surface area contributed by atoms with Crippen molar-refractivity contribution >= 4 is 11.9 Å². The first-order chi connectivity index (χ1) is 9.06. The van der Waals surface area contributed by atoms with E-state index in [0.717, 1.165) is 0 Å². The van der Waals surface area contributed by atoms with E-state index in [1.165, 1.54) is 7.11 Å². The lowest BCUT2D eigenvalue weighted by Crippen LogP contribution is -2.51. The minimum absolute atomic E-state index is 0.0519. The van der Waals surface area contributed by atoms with Gasteiger partial charge in [-0.3, -0.25) is 4.79 Å². The Labute approximate surface area is 121 Å². The second-order valence-electron chi connectivity index (χ2n) is 6.24. The molecule has 0 saturated carbocycles. The molecule has 0 radical (unpaired) electrons. The summed E-state index contributed by atoms with van der Waals surface area (Å²) in [6, 6.07) is -1.48. The minimum atomic E-state index is -0.843. The molecular formula is C14H28N2O4. The first-order valence-electron chi connectivity index (χ1n) is 6.84. The highest BCUT2D eigenvalue weighted by molar-refractivity contribution is 5.87. The molecule has 0 aromatic carbocycles. The van der Waals surface area contributed by atoms with E-state index >= 15 is 0 Å². The van der Waals surface area contributed by atoms with Gasteiger partial charge in [0.25, 0.3) is 0 Å². The second kappa shape index (κ2) is 8.21. The van der Waals surface area contributed by atoms with Gasteiger partial charge in [-0.25, -0.2) is 4.79 Å². The Balaban J connectivity index is 4.57. The molecule has 0 spiro atoms. The Kier molecular flexibility index (Phi) is 7.75. The van der Waals surface area contributed by atoms with E-state index in [9.17, 15) is 9.59 Å². The molecule has 6 nitrogen and oxygen atoms in total. The van der Waals surface area contributed by atoms with Gasteiger partial charge in [0.05, 0.1) is 25.4 Å². The maximum Gasteiger partial charge on any atom is 0.330 e. The molecule has 0 aliphatic carbocycles. The average Bonchev–Trinajstić information content (AvgIpc) is 2.31. The van der Waals surface area contributed by atoms with Crippen LogP contribution in [0.5, 0.6) is 0 Å². The van der Waals surface area contributed by atoms with E-state index in [0.29, 0.717) is 12.3 Å². The number of esters is 1. The zero-order valence-electron chi connectivity index (χ0n) is 13.4. The zero-order chi connectivity index (χ0) is 15.9. The number of hydrogen-bond donors (Lipinski definition) is 2. The van der Waals surface area contributed by atoms with Crippen LogP contribution in [0.2, 0.25) is 0 Å². The summed E-state index contributed by atoms with van der Waals surface area (Å²) >= 11 is 0. The number of carbonyl (C=O) groups excluding carboxylic acids is 2. The van der Waals surface area contributed by atoms with Gasteiger partial charge >= 0.3 is 5.97 Å². The van der Waals surface area contributed by atoms with Crippen molar-refractivity contribution in [2.45, 2.75) is 58.7 Å². The van der Waals surface area contributed by atoms with Gasteiger partial charge in [0, 0.05) is 0 Å². The quantitative estimate of drug-likeness (QED) is 0.677. The van der Waals surface area contributed by atoms with E-state index < -0.39 is 23.7 Å². The standard InChI is InChI=1S/C14H28N2O4/c1-9(2)7-10(15)12(17)16-11(13(18)19-6)8-20-14(3,4)5/h9-11H,7-8,15H2,1-6H3,(H,16,17)/t10-,11+/m0/s1. The number of amides is 1. The molecule has 118 valence electrons. The van der Waals surface area contributed by atoms with Crippen molar-refractivity contribution < 1.29 is 19.1 Å². The number of rotatable bonds is 7. The molecule has 0 fully saturated rings. The molecule has 0 saturated heterocycles. The predicted octanol–water partition coefficient (Wildman–Crippen LogP) is 0.833. The molecule has 0 aromatic rings. The van der Waals surface area contributed by atoms with E-state index in [1.807, 2.05) is 34.6 Å². The van der Waals surface area contributed by atoms with Crippen LogP contribution in [0.4, 0.5) is 0 Å². The van der Waals surface area contributed by atoms with Crippen LogP contribution in [0.1, 0.15) is 41.0 Å². The van der Waals surface area contributed by atoms with Crippen molar-refractivity contribution in [3.05, 3.63) is 0 Å². The van der Waals surface area contributed by atoms with Gasteiger partial charge in [-0.15, -0.1) is 0 Å². The van der Waals surface area contributed by atoms with Crippen LogP contribution in [0.25, 0.3) is 0 Å². The first-order valence-corrected chi connectivity index (χ1v) is 6.84. The van der Waals surface area contributed by atoms with Gasteiger partial charge in [-0.2, -0.15) is 0 Å². The Morgan fingerprint density at radius 2 is 1.80 bits per heavy atom. The smallest absolute Gasteiger partial charge is 0.330 e. The second-order valence-corrected chi connectivity index (χ2v) is 6.24. The van der Waals surface area contributed by atoms with Crippen LogP contribution < -0.4 is 11.1 Å². The van der Waals surface area contributed by atoms with Crippen LogP contribution in [0.15, 0.2) is 0 Å². The summed E-state index contributed by atoms with van der Waals surface area (Å²) in [4.78, 5) is 23.6. The van der Waals surface area contributed by atoms with Crippen molar-refractivity contribution in [3.63, 3.8) is 0 Å². The summed E-state index contributed by atoms with van der Waals surface area (Å²) in [5.74, 6) is -0.607. The number of ether oxygens (including phenoxy) is 2. The Hall–Kier alpha value is -1.14. The van der Waals surface area contributed by atoms with Gasteiger partial charge in [-0.1, -0.05) is 13.8 Å². The number of nitrogens with one attached hydrogen (secondary N) is 1. The molecule has 1 amide bonds. The molecule has 0 aliphatic heterocycles. The van der Waals surface area contributed by atoms with Crippen molar-refractivity contribution in [1.82, 2.24) is 5.32 Å². The summed E-state index contributed by atoms with van der Waals surface area (Å²) < 4.78 is 10.2. The molecule has 0 heterocycles. The maximum atomic E-state index is 11.9. The molecule has 2 atom stereocenters. The zero-order valence-corrected chi connectivity index (χ0v) is 13.4. The van der Waals surface area contributed by atoms with Crippen molar-refractivity contribution in [3.8, 4) is 0 Å². The van der Waals surface area contributed by atoms with Crippen molar-refractivity contribution in [2.24, 2.45) is 11.7 Å². The third-order valence-corrected chi connectivity index (χ3v) is 2.55. The van der Waals surface area contributed by atoms with Gasteiger partial charge in [-0.05, 0) is 33.1 Å².